The monoisotopic (exact) mass is 264 g/mol. The maximum Gasteiger partial charge on any atom is 0.217 e. The van der Waals surface area contributed by atoms with Gasteiger partial charge in [-0.05, 0) is 24.3 Å². The van der Waals surface area contributed by atoms with E-state index in [1.165, 1.54) is 0 Å². The highest BCUT2D eigenvalue weighted by Gasteiger charge is 2.30. The fourth-order valence-corrected chi connectivity index (χ4v) is 2.30. The van der Waals surface area contributed by atoms with E-state index in [-0.39, 0.29) is 22.9 Å². The summed E-state index contributed by atoms with van der Waals surface area (Å²) in [5.74, 6) is 0.0986. The Bertz CT molecular complexity index is 895. The molecule has 0 unspecified atom stereocenters. The summed E-state index contributed by atoms with van der Waals surface area (Å²) in [5, 5.41) is 10.8. The third-order valence-electron chi connectivity index (χ3n) is 3.24. The number of carbonyl (C=O) groups excluding carboxylic acids is 1. The number of aromatic hydroxyl groups is 1. The molecule has 6 heteroatoms. The van der Waals surface area contributed by atoms with Crippen LogP contribution in [-0.2, 0) is 0 Å². The Morgan fingerprint density at radius 3 is 2.70 bits per heavy atom. The third-order valence-corrected chi connectivity index (χ3v) is 3.24. The van der Waals surface area contributed by atoms with Gasteiger partial charge in [-0.3, -0.25) is 4.79 Å². The average Bonchev–Trinajstić information content (AvgIpc) is 2.98. The summed E-state index contributed by atoms with van der Waals surface area (Å²) >= 11 is 0. The number of ketones is 1. The molecule has 96 valence electrons. The van der Waals surface area contributed by atoms with E-state index in [1.54, 1.807) is 36.7 Å². The van der Waals surface area contributed by atoms with Gasteiger partial charge in [0.05, 0.1) is 10.9 Å². The SMILES string of the molecule is O=C1C(c2[nH]c3ncccc3c2O)=Nc2ncccc21. The van der Waals surface area contributed by atoms with Crippen LogP contribution in [0.15, 0.2) is 41.7 Å². The smallest absolute Gasteiger partial charge is 0.217 e. The number of aromatic nitrogens is 3. The molecular formula is C14H8N4O2. The maximum absolute atomic E-state index is 12.3. The van der Waals surface area contributed by atoms with Crippen LogP contribution in [0, 0.1) is 0 Å². The van der Waals surface area contributed by atoms with Gasteiger partial charge < -0.3 is 10.1 Å². The van der Waals surface area contributed by atoms with E-state index in [4.69, 9.17) is 0 Å². The van der Waals surface area contributed by atoms with Crippen LogP contribution in [-0.4, -0.2) is 31.6 Å². The van der Waals surface area contributed by atoms with Crippen molar-refractivity contribution in [3.63, 3.8) is 0 Å². The van der Waals surface area contributed by atoms with Crippen LogP contribution in [0.1, 0.15) is 16.1 Å². The Balaban J connectivity index is 1.94. The van der Waals surface area contributed by atoms with Crippen LogP contribution in [0.2, 0.25) is 0 Å². The fraction of sp³-hybridized carbons (Fsp3) is 0. The highest BCUT2D eigenvalue weighted by atomic mass is 16.3. The molecule has 3 aromatic heterocycles. The zero-order chi connectivity index (χ0) is 13.7. The van der Waals surface area contributed by atoms with Gasteiger partial charge >= 0.3 is 0 Å². The first-order valence-electron chi connectivity index (χ1n) is 6.00. The molecule has 0 bridgehead atoms. The van der Waals surface area contributed by atoms with Gasteiger partial charge in [0.2, 0.25) is 5.78 Å². The first kappa shape index (κ1) is 10.9. The first-order valence-corrected chi connectivity index (χ1v) is 6.00. The molecule has 0 atom stereocenters. The van der Waals surface area contributed by atoms with Crippen LogP contribution in [0.3, 0.4) is 0 Å². The summed E-state index contributed by atoms with van der Waals surface area (Å²) in [6, 6.07) is 6.79. The number of H-pyrrole nitrogens is 1. The highest BCUT2D eigenvalue weighted by Crippen LogP contribution is 2.33. The molecule has 0 fully saturated rings. The third kappa shape index (κ3) is 1.33. The van der Waals surface area contributed by atoms with Crippen molar-refractivity contribution in [3.05, 3.63) is 47.9 Å². The Kier molecular flexibility index (Phi) is 2.03. The molecule has 6 nitrogen and oxygen atoms in total. The lowest BCUT2D eigenvalue weighted by atomic mass is 10.1. The second-order valence-electron chi connectivity index (χ2n) is 4.41. The molecule has 0 saturated carbocycles. The van der Waals surface area contributed by atoms with Gasteiger partial charge in [0.25, 0.3) is 0 Å². The molecule has 0 amide bonds. The lowest BCUT2D eigenvalue weighted by Gasteiger charge is -1.96. The molecule has 0 radical (unpaired) electrons. The van der Waals surface area contributed by atoms with Crippen LogP contribution >= 0.6 is 0 Å². The van der Waals surface area contributed by atoms with Crippen LogP contribution < -0.4 is 0 Å². The van der Waals surface area contributed by atoms with Crippen LogP contribution in [0.5, 0.6) is 5.75 Å². The molecule has 0 saturated heterocycles. The number of carbonyl (C=O) groups is 1. The van der Waals surface area contributed by atoms with Gasteiger partial charge in [0, 0.05) is 12.4 Å². The number of Topliss-reactive ketones (excluding diaryl/α,β-unsaturated/α-hetero) is 1. The lowest BCUT2D eigenvalue weighted by molar-refractivity contribution is 0.106. The molecule has 1 aliphatic rings. The molecule has 4 rings (SSSR count). The van der Waals surface area contributed by atoms with E-state index in [9.17, 15) is 9.90 Å². The largest absolute Gasteiger partial charge is 0.505 e. The maximum atomic E-state index is 12.3. The number of rotatable bonds is 1. The molecule has 1 aliphatic heterocycles. The van der Waals surface area contributed by atoms with Crippen LogP contribution in [0.25, 0.3) is 11.0 Å². The second-order valence-corrected chi connectivity index (χ2v) is 4.41. The van der Waals surface area contributed by atoms with E-state index < -0.39 is 0 Å². The van der Waals surface area contributed by atoms with E-state index in [0.717, 1.165) is 0 Å². The number of hydrogen-bond donors (Lipinski definition) is 2. The molecule has 2 N–H and O–H groups in total. The van der Waals surface area contributed by atoms with Crippen molar-refractivity contribution in [3.8, 4) is 5.75 Å². The van der Waals surface area contributed by atoms with Gasteiger partial charge in [-0.25, -0.2) is 15.0 Å². The molecule has 20 heavy (non-hydrogen) atoms. The summed E-state index contributed by atoms with van der Waals surface area (Å²) in [6.45, 7) is 0. The van der Waals surface area contributed by atoms with Gasteiger partial charge in [0.15, 0.2) is 11.6 Å². The Labute approximate surface area is 112 Å². The number of nitrogens with one attached hydrogen (secondary N) is 1. The summed E-state index contributed by atoms with van der Waals surface area (Å²) in [5.41, 5.74) is 1.39. The predicted molar refractivity (Wildman–Crippen MR) is 72.5 cm³/mol. The zero-order valence-electron chi connectivity index (χ0n) is 10.2. The van der Waals surface area contributed by atoms with Crippen LogP contribution in [0.4, 0.5) is 5.82 Å². The number of aromatic amines is 1. The summed E-state index contributed by atoms with van der Waals surface area (Å²) in [6.07, 6.45) is 3.18. The average molecular weight is 264 g/mol. The fourth-order valence-electron chi connectivity index (χ4n) is 2.30. The molecule has 3 aromatic rings. The minimum absolute atomic E-state index is 0.0204. The Hall–Kier alpha value is -3.02. The van der Waals surface area contributed by atoms with Gasteiger partial charge in [-0.15, -0.1) is 0 Å². The summed E-state index contributed by atoms with van der Waals surface area (Å²) in [7, 11) is 0. The van der Waals surface area contributed by atoms with Crippen molar-refractivity contribution in [2.45, 2.75) is 0 Å². The van der Waals surface area contributed by atoms with Crippen molar-refractivity contribution in [1.82, 2.24) is 15.0 Å². The molecular weight excluding hydrogens is 256 g/mol. The number of nitrogens with zero attached hydrogens (tertiary/aromatic N) is 3. The minimum atomic E-state index is -0.255. The summed E-state index contributed by atoms with van der Waals surface area (Å²) < 4.78 is 0. The summed E-state index contributed by atoms with van der Waals surface area (Å²) in [4.78, 5) is 27.6. The minimum Gasteiger partial charge on any atom is -0.505 e. The van der Waals surface area contributed by atoms with E-state index in [2.05, 4.69) is 19.9 Å². The molecule has 0 aromatic carbocycles. The van der Waals surface area contributed by atoms with Crippen molar-refractivity contribution in [2.75, 3.05) is 0 Å². The number of pyridine rings is 2. The second kappa shape index (κ2) is 3.74. The zero-order valence-corrected chi connectivity index (χ0v) is 10.2. The Morgan fingerprint density at radius 2 is 1.90 bits per heavy atom. The van der Waals surface area contributed by atoms with Crippen molar-refractivity contribution >= 4 is 28.3 Å². The predicted octanol–water partition coefficient (Wildman–Crippen LogP) is 1.98. The Morgan fingerprint density at radius 1 is 1.10 bits per heavy atom. The number of fused-ring (bicyclic) bond motifs is 2. The van der Waals surface area contributed by atoms with Crippen molar-refractivity contribution in [2.24, 2.45) is 4.99 Å². The molecule has 0 spiro atoms. The van der Waals surface area contributed by atoms with E-state index >= 15 is 0 Å². The first-order chi connectivity index (χ1) is 9.75. The lowest BCUT2D eigenvalue weighted by Crippen LogP contribution is -2.11. The van der Waals surface area contributed by atoms with Gasteiger partial charge in [0.1, 0.15) is 17.1 Å². The van der Waals surface area contributed by atoms with Crippen molar-refractivity contribution in [1.29, 1.82) is 0 Å². The number of hydrogen-bond acceptors (Lipinski definition) is 5. The standard InChI is InChI=1S/C14H8N4O2/c19-11-7-3-1-5-15-13(7)17-9(11)10-12(20)8-4-2-6-16-14(8)18-10/h1-6,19H,(H,15,17). The quantitative estimate of drug-likeness (QED) is 0.703. The van der Waals surface area contributed by atoms with Crippen molar-refractivity contribution < 1.29 is 9.90 Å². The highest BCUT2D eigenvalue weighted by molar-refractivity contribution is 6.55. The van der Waals surface area contributed by atoms with E-state index in [1.807, 2.05) is 0 Å². The van der Waals surface area contributed by atoms with Gasteiger partial charge in [-0.1, -0.05) is 0 Å². The van der Waals surface area contributed by atoms with E-state index in [0.29, 0.717) is 22.4 Å². The number of aliphatic imine (C=N–C) groups is 1. The molecule has 4 heterocycles. The normalized spacial score (nSPS) is 13.6. The van der Waals surface area contributed by atoms with Gasteiger partial charge in [-0.2, -0.15) is 0 Å². The molecule has 0 aliphatic carbocycles. The topological polar surface area (TPSA) is 91.2 Å².